The molecule has 2 fully saturated rings. The maximum absolute atomic E-state index is 15.6. The van der Waals surface area contributed by atoms with E-state index < -0.39 is 5.82 Å². The molecular formula is C32H30FN7O2. The molecule has 0 bridgehead atoms. The molecule has 212 valence electrons. The van der Waals surface area contributed by atoms with Crippen molar-refractivity contribution in [1.29, 1.82) is 0 Å². The van der Waals surface area contributed by atoms with Gasteiger partial charge in [-0.1, -0.05) is 6.58 Å². The lowest BCUT2D eigenvalue weighted by Crippen LogP contribution is -2.27. The maximum atomic E-state index is 15.6. The summed E-state index contributed by atoms with van der Waals surface area (Å²) in [4.78, 5) is 32.1. The van der Waals surface area contributed by atoms with Crippen LogP contribution >= 0.6 is 0 Å². The van der Waals surface area contributed by atoms with E-state index in [2.05, 4.69) is 26.8 Å². The van der Waals surface area contributed by atoms with E-state index in [4.69, 9.17) is 9.72 Å². The fourth-order valence-corrected chi connectivity index (χ4v) is 6.43. The summed E-state index contributed by atoms with van der Waals surface area (Å²) in [6.07, 6.45) is 6.54. The van der Waals surface area contributed by atoms with Crippen molar-refractivity contribution >= 4 is 39.5 Å². The molecule has 10 heteroatoms. The third-order valence-corrected chi connectivity index (χ3v) is 8.67. The van der Waals surface area contributed by atoms with Crippen LogP contribution in [-0.4, -0.2) is 48.4 Å². The average molecular weight is 564 g/mol. The number of ether oxygens (including phenoxy) is 1. The summed E-state index contributed by atoms with van der Waals surface area (Å²) in [6.45, 7) is 6.84. The molecule has 3 aromatic heterocycles. The smallest absolute Gasteiger partial charge is 0.245 e. The van der Waals surface area contributed by atoms with Gasteiger partial charge in [0.1, 0.15) is 23.3 Å². The zero-order valence-corrected chi connectivity index (χ0v) is 23.4. The van der Waals surface area contributed by atoms with Gasteiger partial charge in [-0.3, -0.25) is 4.79 Å². The molecule has 3 atom stereocenters. The molecule has 1 aliphatic carbocycles. The Bertz CT molecular complexity index is 1860. The SMILES string of the molecule is C=CC(=O)N1CC2CC(c3ccc4ncnc(Nc5ccc(Oc6ccc7c(c6)ncn7C)c(C)c5F)c4n3)C[C@@H]2C1. The molecule has 9 nitrogen and oxygen atoms in total. The molecule has 0 spiro atoms. The first-order chi connectivity index (χ1) is 20.4. The minimum absolute atomic E-state index is 0.00527. The second-order valence-electron chi connectivity index (χ2n) is 11.2. The standard InChI is InChI=1S/C32H30FN7O2/c1-4-29(41)40-14-20-11-19(12-21(20)15-40)23-6-7-25-31(37-23)32(35-16-34-25)38-24-8-10-28(18(2)30(24)33)42-22-5-9-27-26(13-22)36-17-39(27)3/h4-10,13,16-17,19-21H,1,11-12,14-15H2,2-3H3,(H,34,35,38)/t19?,20-,21?/m1/s1. The summed E-state index contributed by atoms with van der Waals surface area (Å²) in [6, 6.07) is 13.0. The van der Waals surface area contributed by atoms with Crippen LogP contribution in [0, 0.1) is 24.6 Å². The van der Waals surface area contributed by atoms with E-state index in [1.165, 1.54) is 12.4 Å². The van der Waals surface area contributed by atoms with Crippen LogP contribution in [-0.2, 0) is 11.8 Å². The Hall–Kier alpha value is -4.86. The van der Waals surface area contributed by atoms with Crippen molar-refractivity contribution < 1.29 is 13.9 Å². The molecule has 1 N–H and O–H groups in total. The highest BCUT2D eigenvalue weighted by atomic mass is 19.1. The maximum Gasteiger partial charge on any atom is 0.245 e. The number of carbonyl (C=O) groups excluding carboxylic acids is 1. The zero-order chi connectivity index (χ0) is 29.0. The molecule has 1 aliphatic heterocycles. The van der Waals surface area contributed by atoms with Crippen molar-refractivity contribution in [2.24, 2.45) is 18.9 Å². The van der Waals surface area contributed by atoms with Gasteiger partial charge in [-0.15, -0.1) is 0 Å². The van der Waals surface area contributed by atoms with Crippen molar-refractivity contribution in [1.82, 2.24) is 29.4 Å². The summed E-state index contributed by atoms with van der Waals surface area (Å²) in [7, 11) is 1.93. The van der Waals surface area contributed by atoms with Gasteiger partial charge in [0.05, 0.1) is 28.6 Å². The van der Waals surface area contributed by atoms with E-state index in [9.17, 15) is 4.79 Å². The number of hydrogen-bond donors (Lipinski definition) is 1. The van der Waals surface area contributed by atoms with Crippen LogP contribution in [0.3, 0.4) is 0 Å². The van der Waals surface area contributed by atoms with Crippen molar-refractivity contribution in [3.63, 3.8) is 0 Å². The van der Waals surface area contributed by atoms with E-state index in [0.29, 0.717) is 51.7 Å². The highest BCUT2D eigenvalue weighted by Crippen LogP contribution is 2.46. The Morgan fingerprint density at radius 2 is 1.88 bits per heavy atom. The first-order valence-electron chi connectivity index (χ1n) is 14.1. The first kappa shape index (κ1) is 26.1. The average Bonchev–Trinajstić information content (AvgIpc) is 3.70. The third kappa shape index (κ3) is 4.52. The quantitative estimate of drug-likeness (QED) is 0.252. The van der Waals surface area contributed by atoms with Crippen LogP contribution < -0.4 is 10.1 Å². The largest absolute Gasteiger partial charge is 0.457 e. The van der Waals surface area contributed by atoms with Gasteiger partial charge in [0.25, 0.3) is 0 Å². The molecule has 1 amide bonds. The van der Waals surface area contributed by atoms with Crippen LogP contribution in [0.15, 0.2) is 67.8 Å². The highest BCUT2D eigenvalue weighted by Gasteiger charge is 2.42. The monoisotopic (exact) mass is 563 g/mol. The fourth-order valence-electron chi connectivity index (χ4n) is 6.43. The number of nitrogens with zero attached hydrogens (tertiary/aromatic N) is 6. The molecule has 2 aromatic carbocycles. The number of pyridine rings is 1. The number of benzene rings is 2. The van der Waals surface area contributed by atoms with Crippen molar-refractivity contribution in [2.45, 2.75) is 25.7 Å². The van der Waals surface area contributed by atoms with Gasteiger partial charge in [0.15, 0.2) is 11.6 Å². The number of imidazole rings is 1. The lowest BCUT2D eigenvalue weighted by atomic mass is 10.0. The second kappa shape index (κ2) is 10.2. The van der Waals surface area contributed by atoms with E-state index in [1.807, 2.05) is 46.8 Å². The molecule has 4 heterocycles. The number of aromatic nitrogens is 5. The number of anilines is 2. The topological polar surface area (TPSA) is 98.1 Å². The predicted molar refractivity (Wildman–Crippen MR) is 158 cm³/mol. The second-order valence-corrected chi connectivity index (χ2v) is 11.2. The number of amides is 1. The Kier molecular flexibility index (Phi) is 6.33. The normalized spacial score (nSPS) is 19.8. The summed E-state index contributed by atoms with van der Waals surface area (Å²) >= 11 is 0. The van der Waals surface area contributed by atoms with Crippen molar-refractivity contribution in [2.75, 3.05) is 18.4 Å². The molecule has 0 radical (unpaired) electrons. The highest BCUT2D eigenvalue weighted by molar-refractivity contribution is 5.88. The first-order valence-corrected chi connectivity index (χ1v) is 14.1. The minimum atomic E-state index is -0.434. The van der Waals surface area contributed by atoms with E-state index in [0.717, 1.165) is 42.7 Å². The van der Waals surface area contributed by atoms with E-state index in [-0.39, 0.29) is 11.6 Å². The zero-order valence-electron chi connectivity index (χ0n) is 23.4. The number of rotatable bonds is 6. The minimum Gasteiger partial charge on any atom is -0.457 e. The molecule has 2 unspecified atom stereocenters. The van der Waals surface area contributed by atoms with Crippen LogP contribution in [0.5, 0.6) is 11.5 Å². The number of halogens is 1. The number of fused-ring (bicyclic) bond motifs is 3. The van der Waals surface area contributed by atoms with Gasteiger partial charge in [0, 0.05) is 43.4 Å². The Morgan fingerprint density at radius 3 is 2.67 bits per heavy atom. The van der Waals surface area contributed by atoms with Crippen molar-refractivity contribution in [3.05, 3.63) is 84.8 Å². The number of hydrogen-bond acceptors (Lipinski definition) is 7. The van der Waals surface area contributed by atoms with Crippen LogP contribution in [0.2, 0.25) is 0 Å². The Balaban J connectivity index is 1.11. The molecule has 5 aromatic rings. The van der Waals surface area contributed by atoms with Gasteiger partial charge in [-0.2, -0.15) is 0 Å². The number of aryl methyl sites for hydroxylation is 1. The number of carbonyl (C=O) groups is 1. The Morgan fingerprint density at radius 1 is 1.07 bits per heavy atom. The molecule has 1 saturated heterocycles. The lowest BCUT2D eigenvalue weighted by molar-refractivity contribution is -0.125. The van der Waals surface area contributed by atoms with Crippen LogP contribution in [0.1, 0.15) is 30.0 Å². The van der Waals surface area contributed by atoms with Crippen LogP contribution in [0.4, 0.5) is 15.9 Å². The van der Waals surface area contributed by atoms with Crippen molar-refractivity contribution in [3.8, 4) is 11.5 Å². The molecule has 7 rings (SSSR count). The number of nitrogens with one attached hydrogen (secondary N) is 1. The van der Waals surface area contributed by atoms with E-state index >= 15 is 4.39 Å². The summed E-state index contributed by atoms with van der Waals surface area (Å²) in [5, 5.41) is 3.15. The lowest BCUT2D eigenvalue weighted by Gasteiger charge is -2.18. The van der Waals surface area contributed by atoms with E-state index in [1.54, 1.807) is 25.4 Å². The summed E-state index contributed by atoms with van der Waals surface area (Å²) in [5.41, 5.74) is 4.68. The van der Waals surface area contributed by atoms with Gasteiger partial charge in [0.2, 0.25) is 5.91 Å². The summed E-state index contributed by atoms with van der Waals surface area (Å²) in [5.74, 6) is 2.23. The summed E-state index contributed by atoms with van der Waals surface area (Å²) < 4.78 is 23.6. The predicted octanol–water partition coefficient (Wildman–Crippen LogP) is 6.03. The van der Waals surface area contributed by atoms with Gasteiger partial charge in [-0.05, 0) is 74.1 Å². The fraction of sp³-hybridized carbons (Fsp3) is 0.281. The third-order valence-electron chi connectivity index (χ3n) is 8.67. The van der Waals surface area contributed by atoms with Gasteiger partial charge < -0.3 is 19.5 Å². The van der Waals surface area contributed by atoms with Gasteiger partial charge in [-0.25, -0.2) is 24.3 Å². The molecule has 42 heavy (non-hydrogen) atoms. The molecule has 1 saturated carbocycles. The Labute approximate surface area is 242 Å². The number of likely N-dealkylation sites (tertiary alicyclic amines) is 1. The van der Waals surface area contributed by atoms with Crippen LogP contribution in [0.25, 0.3) is 22.1 Å². The molecule has 2 aliphatic rings. The van der Waals surface area contributed by atoms with Gasteiger partial charge >= 0.3 is 0 Å². The molecular weight excluding hydrogens is 533 g/mol.